The Balaban J connectivity index is 1.99. The zero-order valence-electron chi connectivity index (χ0n) is 8.83. The van der Waals surface area contributed by atoms with Crippen LogP contribution in [-0.4, -0.2) is 12.9 Å². The molecule has 1 fully saturated rings. The van der Waals surface area contributed by atoms with Crippen molar-refractivity contribution in [3.8, 4) is 5.75 Å². The van der Waals surface area contributed by atoms with Gasteiger partial charge in [-0.05, 0) is 43.2 Å². The second-order valence-corrected chi connectivity index (χ2v) is 4.81. The van der Waals surface area contributed by atoms with Gasteiger partial charge >= 0.3 is 0 Å². The first kappa shape index (κ1) is 10.8. The lowest BCUT2D eigenvalue weighted by Gasteiger charge is -2.07. The van der Waals surface area contributed by atoms with E-state index in [-0.39, 0.29) is 5.82 Å². The monoisotopic (exact) mass is 226 g/mol. The number of hydrogen-bond acceptors (Lipinski definition) is 2. The summed E-state index contributed by atoms with van der Waals surface area (Å²) in [6.07, 6.45) is 4.52. The summed E-state index contributed by atoms with van der Waals surface area (Å²) in [5.41, 5.74) is 0.732. The highest BCUT2D eigenvalue weighted by atomic mass is 32.2. The zero-order valence-corrected chi connectivity index (χ0v) is 9.65. The van der Waals surface area contributed by atoms with Crippen LogP contribution in [0.1, 0.15) is 18.4 Å². The van der Waals surface area contributed by atoms with E-state index < -0.39 is 0 Å². The number of ether oxygens (including phenoxy) is 1. The van der Waals surface area contributed by atoms with Crippen LogP contribution in [0.25, 0.3) is 0 Å². The van der Waals surface area contributed by atoms with Gasteiger partial charge in [-0.1, -0.05) is 0 Å². The van der Waals surface area contributed by atoms with E-state index in [0.29, 0.717) is 5.75 Å². The molecule has 0 unspecified atom stereocenters. The minimum absolute atomic E-state index is 0.136. The Hall–Kier alpha value is -0.700. The highest BCUT2D eigenvalue weighted by Gasteiger charge is 2.21. The molecule has 3 heteroatoms. The van der Waals surface area contributed by atoms with Crippen LogP contribution in [0.15, 0.2) is 18.2 Å². The average Bonchev–Trinajstić information content (AvgIpc) is 3.03. The largest absolute Gasteiger partial charge is 0.493 e. The van der Waals surface area contributed by atoms with Gasteiger partial charge in [0.15, 0.2) is 0 Å². The third-order valence-electron chi connectivity index (χ3n) is 2.50. The molecular weight excluding hydrogens is 211 g/mol. The van der Waals surface area contributed by atoms with Gasteiger partial charge in [-0.15, -0.1) is 0 Å². The first-order valence-corrected chi connectivity index (χ1v) is 6.59. The van der Waals surface area contributed by atoms with Gasteiger partial charge in [0.05, 0.1) is 6.61 Å². The molecule has 1 aromatic rings. The Morgan fingerprint density at radius 2 is 2.27 bits per heavy atom. The van der Waals surface area contributed by atoms with E-state index in [0.717, 1.165) is 23.8 Å². The van der Waals surface area contributed by atoms with Crippen LogP contribution >= 0.6 is 11.8 Å². The molecule has 0 amide bonds. The maximum Gasteiger partial charge on any atom is 0.127 e. The van der Waals surface area contributed by atoms with E-state index in [1.54, 1.807) is 17.8 Å². The molecule has 0 spiro atoms. The first-order valence-electron chi connectivity index (χ1n) is 5.20. The molecule has 0 bridgehead atoms. The normalized spacial score (nSPS) is 15.3. The summed E-state index contributed by atoms with van der Waals surface area (Å²) < 4.78 is 18.9. The fourth-order valence-corrected chi connectivity index (χ4v) is 1.94. The van der Waals surface area contributed by atoms with Crippen molar-refractivity contribution in [1.29, 1.82) is 0 Å². The predicted octanol–water partition coefficient (Wildman–Crippen LogP) is 3.48. The number of thioether (sulfide) groups is 1. The van der Waals surface area contributed by atoms with Crippen LogP contribution in [0.3, 0.4) is 0 Å². The van der Waals surface area contributed by atoms with Crippen molar-refractivity contribution in [3.05, 3.63) is 29.6 Å². The molecule has 0 saturated heterocycles. The maximum atomic E-state index is 13.3. The molecule has 1 aliphatic rings. The molecule has 1 aliphatic carbocycles. The van der Waals surface area contributed by atoms with Gasteiger partial charge in [0.2, 0.25) is 0 Å². The quantitative estimate of drug-likeness (QED) is 0.760. The molecule has 0 atom stereocenters. The highest BCUT2D eigenvalue weighted by Crippen LogP contribution is 2.30. The summed E-state index contributed by atoms with van der Waals surface area (Å²) in [6, 6.07) is 5.02. The summed E-state index contributed by atoms with van der Waals surface area (Å²) >= 11 is 1.62. The lowest BCUT2D eigenvalue weighted by Crippen LogP contribution is -2.00. The van der Waals surface area contributed by atoms with Crippen LogP contribution in [0.5, 0.6) is 5.75 Å². The van der Waals surface area contributed by atoms with E-state index in [4.69, 9.17) is 4.74 Å². The van der Waals surface area contributed by atoms with Gasteiger partial charge in [-0.2, -0.15) is 11.8 Å². The van der Waals surface area contributed by atoms with E-state index >= 15 is 0 Å². The number of halogens is 1. The summed E-state index contributed by atoms with van der Waals surface area (Å²) in [4.78, 5) is 0. The molecule has 1 nitrogen and oxygen atoms in total. The SMILES string of the molecule is CSCc1cc(OCC2CC2)ccc1F. The predicted molar refractivity (Wildman–Crippen MR) is 61.8 cm³/mol. The van der Waals surface area contributed by atoms with Crippen LogP contribution in [-0.2, 0) is 5.75 Å². The summed E-state index contributed by atoms with van der Waals surface area (Å²) in [5.74, 6) is 2.10. The standard InChI is InChI=1S/C12H15FOS/c1-15-8-10-6-11(4-5-12(10)13)14-7-9-2-3-9/h4-6,9H,2-3,7-8H2,1H3. The number of hydrogen-bond donors (Lipinski definition) is 0. The van der Waals surface area contributed by atoms with E-state index in [2.05, 4.69) is 0 Å². The molecule has 0 aromatic heterocycles. The topological polar surface area (TPSA) is 9.23 Å². The fraction of sp³-hybridized carbons (Fsp3) is 0.500. The van der Waals surface area contributed by atoms with Gasteiger partial charge in [-0.3, -0.25) is 0 Å². The smallest absolute Gasteiger partial charge is 0.127 e. The summed E-state index contributed by atoms with van der Waals surface area (Å²) in [6.45, 7) is 0.782. The maximum absolute atomic E-state index is 13.3. The average molecular weight is 226 g/mol. The molecule has 2 rings (SSSR count). The van der Waals surface area contributed by atoms with Gasteiger partial charge in [0, 0.05) is 11.3 Å². The molecule has 0 radical (unpaired) electrons. The second-order valence-electron chi connectivity index (χ2n) is 3.94. The van der Waals surface area contributed by atoms with Crippen molar-refractivity contribution in [2.75, 3.05) is 12.9 Å². The van der Waals surface area contributed by atoms with Gasteiger partial charge in [0.25, 0.3) is 0 Å². The fourth-order valence-electron chi connectivity index (χ4n) is 1.41. The van der Waals surface area contributed by atoms with Crippen molar-refractivity contribution in [2.24, 2.45) is 5.92 Å². The molecule has 82 valence electrons. The highest BCUT2D eigenvalue weighted by molar-refractivity contribution is 7.97. The van der Waals surface area contributed by atoms with Crippen LogP contribution < -0.4 is 4.74 Å². The van der Waals surface area contributed by atoms with E-state index in [1.165, 1.54) is 18.9 Å². The van der Waals surface area contributed by atoms with Gasteiger partial charge in [-0.25, -0.2) is 4.39 Å². The Bertz CT molecular complexity index is 336. The summed E-state index contributed by atoms with van der Waals surface area (Å²) in [5, 5.41) is 0. The van der Waals surface area contributed by atoms with Crippen molar-refractivity contribution < 1.29 is 9.13 Å². The minimum atomic E-state index is -0.136. The Labute approximate surface area is 94.0 Å². The molecule has 1 aromatic carbocycles. The Morgan fingerprint density at radius 1 is 1.47 bits per heavy atom. The van der Waals surface area contributed by atoms with E-state index in [9.17, 15) is 4.39 Å². The number of rotatable bonds is 5. The van der Waals surface area contributed by atoms with Crippen molar-refractivity contribution >= 4 is 11.8 Å². The zero-order chi connectivity index (χ0) is 10.7. The first-order chi connectivity index (χ1) is 7.29. The molecule has 0 N–H and O–H groups in total. The molecule has 1 saturated carbocycles. The van der Waals surface area contributed by atoms with E-state index in [1.807, 2.05) is 12.3 Å². The molecular formula is C12H15FOS. The third kappa shape index (κ3) is 3.13. The van der Waals surface area contributed by atoms with Crippen molar-refractivity contribution in [3.63, 3.8) is 0 Å². The van der Waals surface area contributed by atoms with Crippen molar-refractivity contribution in [1.82, 2.24) is 0 Å². The molecule has 0 heterocycles. The summed E-state index contributed by atoms with van der Waals surface area (Å²) in [7, 11) is 0. The van der Waals surface area contributed by atoms with Crippen LogP contribution in [0, 0.1) is 11.7 Å². The third-order valence-corrected chi connectivity index (χ3v) is 3.10. The van der Waals surface area contributed by atoms with Crippen LogP contribution in [0.2, 0.25) is 0 Å². The van der Waals surface area contributed by atoms with Crippen molar-refractivity contribution in [2.45, 2.75) is 18.6 Å². The Morgan fingerprint density at radius 3 is 2.93 bits per heavy atom. The Kier molecular flexibility index (Phi) is 3.52. The molecule has 15 heavy (non-hydrogen) atoms. The van der Waals surface area contributed by atoms with Gasteiger partial charge < -0.3 is 4.74 Å². The lowest BCUT2D eigenvalue weighted by molar-refractivity contribution is 0.299. The second kappa shape index (κ2) is 4.88. The van der Waals surface area contributed by atoms with Crippen LogP contribution in [0.4, 0.5) is 4.39 Å². The van der Waals surface area contributed by atoms with Gasteiger partial charge in [0.1, 0.15) is 11.6 Å². The molecule has 0 aliphatic heterocycles. The lowest BCUT2D eigenvalue weighted by atomic mass is 10.2. The number of benzene rings is 1. The minimum Gasteiger partial charge on any atom is -0.493 e.